The number of hydrogen-bond donors (Lipinski definition) is 0. The number of fused-ring (bicyclic) bond motifs is 5. The lowest BCUT2D eigenvalue weighted by molar-refractivity contribution is 0.173. The van der Waals surface area contributed by atoms with Crippen molar-refractivity contribution in [2.75, 3.05) is 6.79 Å². The first-order chi connectivity index (χ1) is 14.2. The normalized spacial score (nSPS) is 16.2. The summed E-state index contributed by atoms with van der Waals surface area (Å²) in [6, 6.07) is 20.0. The van der Waals surface area contributed by atoms with Crippen molar-refractivity contribution in [2.24, 2.45) is 0 Å². The van der Waals surface area contributed by atoms with Gasteiger partial charge in [0.1, 0.15) is 0 Å². The number of allylic oxidation sites excluding steroid dienone is 2. The van der Waals surface area contributed by atoms with Crippen molar-refractivity contribution in [3.8, 4) is 22.6 Å². The molecule has 3 aromatic rings. The molecule has 0 bridgehead atoms. The van der Waals surface area contributed by atoms with Gasteiger partial charge in [0.25, 0.3) is 0 Å². The second kappa shape index (κ2) is 6.50. The summed E-state index contributed by atoms with van der Waals surface area (Å²) < 4.78 is 12.4. The molecule has 2 aliphatic carbocycles. The van der Waals surface area contributed by atoms with Crippen LogP contribution in [0.4, 0.5) is 0 Å². The molecule has 144 valence electrons. The summed E-state index contributed by atoms with van der Waals surface area (Å²) in [5, 5.41) is 0. The second-order valence-electron chi connectivity index (χ2n) is 8.15. The van der Waals surface area contributed by atoms with Crippen molar-refractivity contribution in [3.63, 3.8) is 0 Å². The Labute approximate surface area is 179 Å². The van der Waals surface area contributed by atoms with E-state index in [2.05, 4.69) is 77.5 Å². The van der Waals surface area contributed by atoms with Crippen molar-refractivity contribution in [2.45, 2.75) is 32.1 Å². The zero-order chi connectivity index (χ0) is 19.5. The quantitative estimate of drug-likeness (QED) is 0.428. The minimum atomic E-state index is 0.310. The molecule has 1 heterocycles. The molecule has 3 aromatic carbocycles. The van der Waals surface area contributed by atoms with Gasteiger partial charge >= 0.3 is 0 Å². The van der Waals surface area contributed by atoms with Crippen LogP contribution in [0.5, 0.6) is 11.5 Å². The molecule has 0 N–H and O–H groups in total. The topological polar surface area (TPSA) is 18.5 Å². The van der Waals surface area contributed by atoms with Gasteiger partial charge in [-0.1, -0.05) is 54.1 Å². The number of rotatable bonds is 3. The van der Waals surface area contributed by atoms with Crippen molar-refractivity contribution >= 4 is 21.5 Å². The van der Waals surface area contributed by atoms with E-state index in [4.69, 9.17) is 9.47 Å². The fourth-order valence-corrected chi connectivity index (χ4v) is 5.96. The standard InChI is InChI=1S/C26H21BrO2/c1-15-12-23-22(13-24-26(25(23)27)29-14-28-24)16(15)10-11-21-19-8-4-2-6-17(19)18-7-3-5-9-20(18)21/h2-9,13,21H,10-12,14H2,1H3. The molecule has 1 aliphatic heterocycles. The number of halogens is 1. The maximum atomic E-state index is 5.68. The Kier molecular flexibility index (Phi) is 3.89. The van der Waals surface area contributed by atoms with E-state index in [1.165, 1.54) is 44.5 Å². The Hall–Kier alpha value is -2.52. The number of hydrogen-bond acceptors (Lipinski definition) is 2. The van der Waals surface area contributed by atoms with E-state index >= 15 is 0 Å². The molecule has 29 heavy (non-hydrogen) atoms. The van der Waals surface area contributed by atoms with E-state index < -0.39 is 0 Å². The summed E-state index contributed by atoms with van der Waals surface area (Å²) in [4.78, 5) is 0. The monoisotopic (exact) mass is 444 g/mol. The van der Waals surface area contributed by atoms with Gasteiger partial charge in [-0.15, -0.1) is 0 Å². The smallest absolute Gasteiger partial charge is 0.231 e. The van der Waals surface area contributed by atoms with Crippen LogP contribution in [-0.4, -0.2) is 6.79 Å². The molecule has 0 spiro atoms. The third-order valence-corrected chi connectivity index (χ3v) is 7.47. The van der Waals surface area contributed by atoms with E-state index in [9.17, 15) is 0 Å². The van der Waals surface area contributed by atoms with Crippen LogP contribution in [0.2, 0.25) is 0 Å². The molecule has 0 radical (unpaired) electrons. The molecular formula is C26H21BrO2. The van der Waals surface area contributed by atoms with Gasteiger partial charge in [-0.2, -0.15) is 0 Å². The highest BCUT2D eigenvalue weighted by Crippen LogP contribution is 2.51. The van der Waals surface area contributed by atoms with Crippen molar-refractivity contribution in [1.82, 2.24) is 0 Å². The zero-order valence-corrected chi connectivity index (χ0v) is 17.9. The lowest BCUT2D eigenvalue weighted by Gasteiger charge is -2.16. The molecule has 0 unspecified atom stereocenters. The van der Waals surface area contributed by atoms with Crippen molar-refractivity contribution in [3.05, 3.63) is 86.9 Å². The van der Waals surface area contributed by atoms with Gasteiger partial charge in [-0.25, -0.2) is 0 Å². The minimum Gasteiger partial charge on any atom is -0.454 e. The molecule has 3 aliphatic rings. The maximum absolute atomic E-state index is 5.68. The Morgan fingerprint density at radius 1 is 0.931 bits per heavy atom. The van der Waals surface area contributed by atoms with Crippen LogP contribution in [0.15, 0.2) is 64.6 Å². The molecule has 0 amide bonds. The molecule has 0 fully saturated rings. The summed E-state index contributed by atoms with van der Waals surface area (Å²) in [5.41, 5.74) is 11.3. The van der Waals surface area contributed by atoms with E-state index in [1.54, 1.807) is 0 Å². The Morgan fingerprint density at radius 2 is 1.62 bits per heavy atom. The predicted octanol–water partition coefficient (Wildman–Crippen LogP) is 7.10. The van der Waals surface area contributed by atoms with Crippen LogP contribution in [-0.2, 0) is 6.42 Å². The highest BCUT2D eigenvalue weighted by atomic mass is 79.9. The van der Waals surface area contributed by atoms with Crippen LogP contribution < -0.4 is 9.47 Å². The highest BCUT2D eigenvalue weighted by Gasteiger charge is 2.31. The molecule has 0 saturated heterocycles. The first-order valence-electron chi connectivity index (χ1n) is 10.2. The van der Waals surface area contributed by atoms with E-state index in [1.807, 2.05) is 0 Å². The molecule has 0 atom stereocenters. The van der Waals surface area contributed by atoms with Crippen LogP contribution in [0, 0.1) is 0 Å². The predicted molar refractivity (Wildman–Crippen MR) is 120 cm³/mol. The third-order valence-electron chi connectivity index (χ3n) is 6.63. The van der Waals surface area contributed by atoms with Crippen LogP contribution in [0.25, 0.3) is 16.7 Å². The summed E-state index contributed by atoms with van der Waals surface area (Å²) >= 11 is 3.77. The van der Waals surface area contributed by atoms with E-state index in [-0.39, 0.29) is 0 Å². The summed E-state index contributed by atoms with van der Waals surface area (Å²) in [6.07, 6.45) is 3.17. The van der Waals surface area contributed by atoms with Gasteiger partial charge in [-0.3, -0.25) is 0 Å². The van der Waals surface area contributed by atoms with Crippen molar-refractivity contribution < 1.29 is 9.47 Å². The third kappa shape index (κ3) is 2.53. The van der Waals surface area contributed by atoms with Gasteiger partial charge in [0.05, 0.1) is 4.47 Å². The van der Waals surface area contributed by atoms with E-state index in [0.29, 0.717) is 12.7 Å². The summed E-state index contributed by atoms with van der Waals surface area (Å²) in [6.45, 7) is 2.58. The van der Waals surface area contributed by atoms with Crippen LogP contribution in [0.1, 0.15) is 47.9 Å². The van der Waals surface area contributed by atoms with Gasteiger partial charge in [0, 0.05) is 5.92 Å². The number of benzene rings is 3. The molecular weight excluding hydrogens is 424 g/mol. The minimum absolute atomic E-state index is 0.310. The lowest BCUT2D eigenvalue weighted by atomic mass is 9.89. The molecule has 2 nitrogen and oxygen atoms in total. The van der Waals surface area contributed by atoms with E-state index in [0.717, 1.165) is 35.2 Å². The SMILES string of the molecule is CC1=C(CCC2c3ccccc3-c3ccccc32)c2cc3c(c(Br)c2C1)OCO3. The average Bonchev–Trinajstić information content (AvgIpc) is 3.42. The molecule has 3 heteroatoms. The molecule has 0 aromatic heterocycles. The average molecular weight is 445 g/mol. The Balaban J connectivity index is 1.35. The van der Waals surface area contributed by atoms with Crippen LogP contribution >= 0.6 is 15.9 Å². The zero-order valence-electron chi connectivity index (χ0n) is 16.3. The van der Waals surface area contributed by atoms with Gasteiger partial charge in [0.2, 0.25) is 6.79 Å². The molecule has 6 rings (SSSR count). The summed E-state index contributed by atoms with van der Waals surface area (Å²) in [5.74, 6) is 2.18. The largest absolute Gasteiger partial charge is 0.454 e. The van der Waals surface area contributed by atoms with Crippen molar-refractivity contribution in [1.29, 1.82) is 0 Å². The van der Waals surface area contributed by atoms with Crippen LogP contribution in [0.3, 0.4) is 0 Å². The van der Waals surface area contributed by atoms with Gasteiger partial charge in [-0.05, 0) is 87.1 Å². The first-order valence-corrected chi connectivity index (χ1v) is 11.0. The summed E-state index contributed by atoms with van der Waals surface area (Å²) in [7, 11) is 0. The van der Waals surface area contributed by atoms with Gasteiger partial charge in [0.15, 0.2) is 11.5 Å². The highest BCUT2D eigenvalue weighted by molar-refractivity contribution is 9.10. The Morgan fingerprint density at radius 3 is 2.34 bits per heavy atom. The molecule has 0 saturated carbocycles. The second-order valence-corrected chi connectivity index (χ2v) is 8.94. The number of ether oxygens (including phenoxy) is 2. The van der Waals surface area contributed by atoms with Gasteiger partial charge < -0.3 is 9.47 Å². The fourth-order valence-electron chi connectivity index (χ4n) is 5.29. The fraction of sp³-hybridized carbons (Fsp3) is 0.231. The first kappa shape index (κ1) is 17.3. The lowest BCUT2D eigenvalue weighted by Crippen LogP contribution is -1.98. The maximum Gasteiger partial charge on any atom is 0.231 e. The Bertz CT molecular complexity index is 1150.